The second-order valence-electron chi connectivity index (χ2n) is 7.16. The van der Waals surface area contributed by atoms with E-state index in [-0.39, 0.29) is 17.5 Å². The molecule has 0 saturated carbocycles. The van der Waals surface area contributed by atoms with Gasteiger partial charge in [0.15, 0.2) is 5.13 Å². The Balaban J connectivity index is 1.99. The molecule has 0 aliphatic carbocycles. The maximum atomic E-state index is 12.3. The summed E-state index contributed by atoms with van der Waals surface area (Å²) in [4.78, 5) is 29.9. The first kappa shape index (κ1) is 20.9. The zero-order valence-corrected chi connectivity index (χ0v) is 17.8. The Bertz CT molecular complexity index is 1020. The Morgan fingerprint density at radius 2 is 1.90 bits per heavy atom. The zero-order chi connectivity index (χ0) is 20.8. The molecule has 1 aromatic carbocycles. The summed E-state index contributed by atoms with van der Waals surface area (Å²) in [7, 11) is 0. The van der Waals surface area contributed by atoms with Gasteiger partial charge in [0.25, 0.3) is 5.56 Å². The van der Waals surface area contributed by atoms with Crippen LogP contribution in [0, 0.1) is 0 Å². The van der Waals surface area contributed by atoms with Crippen LogP contribution in [0.25, 0.3) is 21.8 Å². The molecular weight excluding hydrogens is 384 g/mol. The molecule has 29 heavy (non-hydrogen) atoms. The molecule has 0 unspecified atom stereocenters. The Labute approximate surface area is 174 Å². The lowest BCUT2D eigenvalue weighted by atomic mass is 10.1. The minimum atomic E-state index is -0.140. The molecule has 0 aliphatic rings. The van der Waals surface area contributed by atoms with E-state index in [1.54, 1.807) is 6.07 Å². The van der Waals surface area contributed by atoms with Crippen LogP contribution in [0.15, 0.2) is 47.3 Å². The number of amides is 1. The van der Waals surface area contributed by atoms with Crippen molar-refractivity contribution in [2.45, 2.75) is 52.5 Å². The second-order valence-corrected chi connectivity index (χ2v) is 8.16. The first-order valence-electron chi connectivity index (χ1n) is 9.96. The minimum Gasteiger partial charge on any atom is -0.302 e. The van der Waals surface area contributed by atoms with Crippen LogP contribution < -0.4 is 10.9 Å². The van der Waals surface area contributed by atoms with Gasteiger partial charge < -0.3 is 5.32 Å². The SMILES string of the molecule is CCCCCC(=O)Nc1nc(-c2ccccc2)c(-c2ccc(=O)n(C(C)C)n2)s1. The lowest BCUT2D eigenvalue weighted by Gasteiger charge is -2.09. The summed E-state index contributed by atoms with van der Waals surface area (Å²) in [5.41, 5.74) is 2.22. The van der Waals surface area contributed by atoms with Gasteiger partial charge in [-0.3, -0.25) is 9.59 Å². The molecule has 2 heterocycles. The van der Waals surface area contributed by atoms with E-state index in [9.17, 15) is 9.59 Å². The number of hydrogen-bond acceptors (Lipinski definition) is 5. The third-order valence-electron chi connectivity index (χ3n) is 4.47. The van der Waals surface area contributed by atoms with Crippen molar-refractivity contribution >= 4 is 22.4 Å². The molecule has 0 radical (unpaired) electrons. The Hall–Kier alpha value is -2.80. The van der Waals surface area contributed by atoms with Gasteiger partial charge in [-0.25, -0.2) is 9.67 Å². The van der Waals surface area contributed by atoms with Gasteiger partial charge in [0.05, 0.1) is 16.6 Å². The molecule has 0 aliphatic heterocycles. The summed E-state index contributed by atoms with van der Waals surface area (Å²) in [6, 6.07) is 13.0. The molecule has 0 spiro atoms. The molecule has 6 nitrogen and oxygen atoms in total. The highest BCUT2D eigenvalue weighted by atomic mass is 32.1. The molecular formula is C22H26N4O2S. The molecule has 1 amide bonds. The predicted octanol–water partition coefficient (Wildman–Crippen LogP) is 5.13. The van der Waals surface area contributed by atoms with E-state index < -0.39 is 0 Å². The molecule has 152 valence electrons. The number of rotatable bonds is 8. The van der Waals surface area contributed by atoms with Crippen molar-refractivity contribution in [3.8, 4) is 21.8 Å². The maximum Gasteiger partial charge on any atom is 0.267 e. The molecule has 3 rings (SSSR count). The van der Waals surface area contributed by atoms with E-state index in [4.69, 9.17) is 0 Å². The fourth-order valence-corrected chi connectivity index (χ4v) is 3.94. The van der Waals surface area contributed by atoms with E-state index in [1.807, 2.05) is 44.2 Å². The molecule has 0 atom stereocenters. The molecule has 0 saturated heterocycles. The van der Waals surface area contributed by atoms with Gasteiger partial charge in [-0.1, -0.05) is 61.4 Å². The molecule has 0 bridgehead atoms. The lowest BCUT2D eigenvalue weighted by Crippen LogP contribution is -2.23. The maximum absolute atomic E-state index is 12.3. The first-order chi connectivity index (χ1) is 14.0. The average molecular weight is 411 g/mol. The van der Waals surface area contributed by atoms with Gasteiger partial charge in [-0.05, 0) is 26.3 Å². The summed E-state index contributed by atoms with van der Waals surface area (Å²) >= 11 is 1.38. The first-order valence-corrected chi connectivity index (χ1v) is 10.8. The fourth-order valence-electron chi connectivity index (χ4n) is 2.97. The molecule has 1 N–H and O–H groups in total. The highest BCUT2D eigenvalue weighted by Gasteiger charge is 2.18. The topological polar surface area (TPSA) is 76.9 Å². The largest absolute Gasteiger partial charge is 0.302 e. The summed E-state index contributed by atoms with van der Waals surface area (Å²) in [5, 5.41) is 8.01. The number of unbranched alkanes of at least 4 members (excludes halogenated alkanes) is 2. The molecule has 2 aromatic heterocycles. The number of carbonyl (C=O) groups is 1. The fraction of sp³-hybridized carbons (Fsp3) is 0.364. The summed E-state index contributed by atoms with van der Waals surface area (Å²) < 4.78 is 1.47. The van der Waals surface area contributed by atoms with Crippen molar-refractivity contribution in [3.63, 3.8) is 0 Å². The number of nitrogens with one attached hydrogen (secondary N) is 1. The van der Waals surface area contributed by atoms with Gasteiger partial charge >= 0.3 is 0 Å². The smallest absolute Gasteiger partial charge is 0.267 e. The standard InChI is InChI=1S/C22H26N4O2S/c1-4-5-7-12-18(27)23-22-24-20(16-10-8-6-9-11-16)21(29-22)17-13-14-19(28)26(25-17)15(2)3/h6,8-11,13-15H,4-5,7,12H2,1-3H3,(H,23,24,27). The third kappa shape index (κ3) is 5.17. The van der Waals surface area contributed by atoms with Crippen LogP contribution in [0.5, 0.6) is 0 Å². The predicted molar refractivity (Wildman–Crippen MR) is 118 cm³/mol. The number of thiazole rings is 1. The Kier molecular flexibility index (Phi) is 6.93. The van der Waals surface area contributed by atoms with Crippen LogP contribution in [0.2, 0.25) is 0 Å². The van der Waals surface area contributed by atoms with Crippen molar-refractivity contribution in [2.75, 3.05) is 5.32 Å². The second kappa shape index (κ2) is 9.60. The zero-order valence-electron chi connectivity index (χ0n) is 17.0. The molecule has 3 aromatic rings. The van der Waals surface area contributed by atoms with Crippen LogP contribution in [-0.4, -0.2) is 20.7 Å². The number of carbonyl (C=O) groups excluding carboxylic acids is 1. The summed E-state index contributed by atoms with van der Waals surface area (Å²) in [5.74, 6) is -0.0292. The van der Waals surface area contributed by atoms with E-state index in [1.165, 1.54) is 22.1 Å². The van der Waals surface area contributed by atoms with Crippen LogP contribution in [0.1, 0.15) is 52.5 Å². The molecule has 7 heteroatoms. The normalized spacial score (nSPS) is 11.0. The van der Waals surface area contributed by atoms with Crippen LogP contribution in [-0.2, 0) is 4.79 Å². The van der Waals surface area contributed by atoms with Crippen molar-refractivity contribution in [1.82, 2.24) is 14.8 Å². The number of benzene rings is 1. The number of aromatic nitrogens is 3. The van der Waals surface area contributed by atoms with Crippen LogP contribution >= 0.6 is 11.3 Å². The van der Waals surface area contributed by atoms with E-state index in [2.05, 4.69) is 22.3 Å². The highest BCUT2D eigenvalue weighted by molar-refractivity contribution is 7.19. The quantitative estimate of drug-likeness (QED) is 0.522. The minimum absolute atomic E-state index is 0.0292. The van der Waals surface area contributed by atoms with Crippen molar-refractivity contribution in [2.24, 2.45) is 0 Å². The summed E-state index contributed by atoms with van der Waals surface area (Å²) in [6.07, 6.45) is 3.46. The third-order valence-corrected chi connectivity index (χ3v) is 5.47. The van der Waals surface area contributed by atoms with Crippen LogP contribution in [0.4, 0.5) is 5.13 Å². The molecule has 0 fully saturated rings. The van der Waals surface area contributed by atoms with Gasteiger partial charge in [-0.15, -0.1) is 0 Å². The monoisotopic (exact) mass is 410 g/mol. The van der Waals surface area contributed by atoms with Gasteiger partial charge in [-0.2, -0.15) is 5.10 Å². The number of anilines is 1. The van der Waals surface area contributed by atoms with E-state index in [0.29, 0.717) is 17.2 Å². The van der Waals surface area contributed by atoms with Crippen molar-refractivity contribution in [3.05, 3.63) is 52.8 Å². The Morgan fingerprint density at radius 3 is 2.59 bits per heavy atom. The lowest BCUT2D eigenvalue weighted by molar-refractivity contribution is -0.116. The van der Waals surface area contributed by atoms with Gasteiger partial charge in [0, 0.05) is 18.1 Å². The van der Waals surface area contributed by atoms with E-state index >= 15 is 0 Å². The van der Waals surface area contributed by atoms with Gasteiger partial charge in [0.2, 0.25) is 5.91 Å². The Morgan fingerprint density at radius 1 is 1.14 bits per heavy atom. The number of nitrogens with zero attached hydrogens (tertiary/aromatic N) is 3. The summed E-state index contributed by atoms with van der Waals surface area (Å²) in [6.45, 7) is 5.95. The highest BCUT2D eigenvalue weighted by Crippen LogP contribution is 2.38. The van der Waals surface area contributed by atoms with Crippen molar-refractivity contribution in [1.29, 1.82) is 0 Å². The van der Waals surface area contributed by atoms with Gasteiger partial charge in [0.1, 0.15) is 5.69 Å². The van der Waals surface area contributed by atoms with Crippen molar-refractivity contribution < 1.29 is 4.79 Å². The number of hydrogen-bond donors (Lipinski definition) is 1. The van der Waals surface area contributed by atoms with E-state index in [0.717, 1.165) is 35.4 Å². The average Bonchev–Trinajstić information content (AvgIpc) is 3.12. The van der Waals surface area contributed by atoms with Crippen LogP contribution in [0.3, 0.4) is 0 Å².